The van der Waals surface area contributed by atoms with Crippen molar-refractivity contribution in [2.45, 2.75) is 45.2 Å². The second kappa shape index (κ2) is 11.2. The molecule has 8 nitrogen and oxygen atoms in total. The van der Waals surface area contributed by atoms with Crippen LogP contribution in [0.5, 0.6) is 11.5 Å². The number of carbonyl (C=O) groups is 2. The predicted octanol–water partition coefficient (Wildman–Crippen LogP) is 3.99. The molecule has 1 aromatic carbocycles. The van der Waals surface area contributed by atoms with Crippen LogP contribution in [0.3, 0.4) is 0 Å². The highest BCUT2D eigenvalue weighted by Gasteiger charge is 2.32. The molecule has 3 aromatic rings. The molecule has 1 saturated heterocycles. The summed E-state index contributed by atoms with van der Waals surface area (Å²) in [5.41, 5.74) is 4.13. The van der Waals surface area contributed by atoms with E-state index in [1.807, 2.05) is 30.6 Å². The summed E-state index contributed by atoms with van der Waals surface area (Å²) in [6.45, 7) is 3.39. The van der Waals surface area contributed by atoms with Crippen molar-refractivity contribution in [3.05, 3.63) is 64.0 Å². The number of nitrogens with one attached hydrogen (secondary N) is 1. The van der Waals surface area contributed by atoms with E-state index in [1.165, 1.54) is 17.4 Å². The van der Waals surface area contributed by atoms with Gasteiger partial charge < -0.3 is 24.1 Å². The van der Waals surface area contributed by atoms with Gasteiger partial charge in [-0.1, -0.05) is 6.07 Å². The van der Waals surface area contributed by atoms with Crippen LogP contribution < -0.4 is 14.8 Å². The molecule has 2 amide bonds. The molecule has 0 unspecified atom stereocenters. The predicted molar refractivity (Wildman–Crippen MR) is 128 cm³/mol. The maximum absolute atomic E-state index is 13.3. The molecule has 1 fully saturated rings. The van der Waals surface area contributed by atoms with Crippen molar-refractivity contribution >= 4 is 23.2 Å². The Morgan fingerprint density at radius 2 is 2.18 bits per heavy atom. The summed E-state index contributed by atoms with van der Waals surface area (Å²) < 4.78 is 16.6. The van der Waals surface area contributed by atoms with Gasteiger partial charge in [0, 0.05) is 24.4 Å². The molecule has 0 aliphatic carbocycles. The second-order valence-corrected chi connectivity index (χ2v) is 9.13. The highest BCUT2D eigenvalue weighted by molar-refractivity contribution is 7.09. The third-order valence-corrected chi connectivity index (χ3v) is 6.92. The molecule has 3 heterocycles. The van der Waals surface area contributed by atoms with Crippen molar-refractivity contribution in [3.8, 4) is 11.5 Å². The zero-order valence-electron chi connectivity index (χ0n) is 19.4. The van der Waals surface area contributed by atoms with Crippen molar-refractivity contribution in [2.75, 3.05) is 20.3 Å². The average Bonchev–Trinajstić information content (AvgIpc) is 3.48. The Hall–Kier alpha value is -3.33. The molecule has 9 heteroatoms. The maximum atomic E-state index is 13.3. The van der Waals surface area contributed by atoms with E-state index < -0.39 is 6.04 Å². The van der Waals surface area contributed by atoms with Crippen LogP contribution in [0.1, 0.15) is 45.8 Å². The molecule has 1 aliphatic rings. The van der Waals surface area contributed by atoms with E-state index >= 15 is 0 Å². The van der Waals surface area contributed by atoms with Crippen LogP contribution in [0.25, 0.3) is 0 Å². The summed E-state index contributed by atoms with van der Waals surface area (Å²) in [4.78, 5) is 33.1. The van der Waals surface area contributed by atoms with Crippen molar-refractivity contribution in [2.24, 2.45) is 0 Å². The van der Waals surface area contributed by atoms with Crippen LogP contribution in [-0.2, 0) is 17.8 Å². The third-order valence-electron chi connectivity index (χ3n) is 5.92. The van der Waals surface area contributed by atoms with Crippen LogP contribution in [0.4, 0.5) is 0 Å². The number of ether oxygens (including phenoxy) is 2. The highest BCUT2D eigenvalue weighted by Crippen LogP contribution is 2.30. The number of hydrogen-bond acceptors (Lipinski definition) is 7. The number of aryl methyl sites for hydroxylation is 1. The fourth-order valence-corrected chi connectivity index (χ4v) is 4.80. The molecule has 2 aromatic heterocycles. The second-order valence-electron chi connectivity index (χ2n) is 8.19. The van der Waals surface area contributed by atoms with E-state index in [1.54, 1.807) is 29.4 Å². The summed E-state index contributed by atoms with van der Waals surface area (Å²) in [7, 11) is 1.59. The first-order valence-electron chi connectivity index (χ1n) is 11.4. The monoisotopic (exact) mass is 483 g/mol. The van der Waals surface area contributed by atoms with Crippen molar-refractivity contribution in [1.82, 2.24) is 15.2 Å². The normalized spacial score (nSPS) is 15.9. The van der Waals surface area contributed by atoms with Gasteiger partial charge >= 0.3 is 0 Å². The Labute approximate surface area is 202 Å². The lowest BCUT2D eigenvalue weighted by molar-refractivity contribution is -0.125. The number of amides is 2. The number of aromatic nitrogens is 1. The van der Waals surface area contributed by atoms with Crippen molar-refractivity contribution < 1.29 is 23.5 Å². The van der Waals surface area contributed by atoms with Gasteiger partial charge in [-0.3, -0.25) is 9.59 Å². The van der Waals surface area contributed by atoms with E-state index in [0.29, 0.717) is 36.6 Å². The molecule has 0 saturated carbocycles. The van der Waals surface area contributed by atoms with Crippen LogP contribution in [-0.4, -0.2) is 48.0 Å². The Morgan fingerprint density at radius 3 is 2.91 bits per heavy atom. The number of thiazole rings is 1. The molecule has 0 spiro atoms. The molecule has 4 rings (SSSR count). The van der Waals surface area contributed by atoms with Gasteiger partial charge in [-0.15, -0.1) is 11.3 Å². The number of nitrogens with zero attached hydrogens (tertiary/aromatic N) is 2. The maximum Gasteiger partial charge on any atom is 0.258 e. The number of furan rings is 1. The van der Waals surface area contributed by atoms with Gasteiger partial charge in [-0.25, -0.2) is 4.98 Å². The molecular weight excluding hydrogens is 454 g/mol. The summed E-state index contributed by atoms with van der Waals surface area (Å²) in [6, 6.07) is 6.68. The lowest BCUT2D eigenvalue weighted by Gasteiger charge is -2.30. The lowest BCUT2D eigenvalue weighted by atomic mass is 10.1. The third kappa shape index (κ3) is 5.59. The summed E-state index contributed by atoms with van der Waals surface area (Å²) in [5, 5.41) is 2.93. The minimum absolute atomic E-state index is 0.125. The van der Waals surface area contributed by atoms with Gasteiger partial charge in [0.2, 0.25) is 5.91 Å². The van der Waals surface area contributed by atoms with Crippen molar-refractivity contribution in [3.63, 3.8) is 0 Å². The molecule has 0 bridgehead atoms. The smallest absolute Gasteiger partial charge is 0.258 e. The fourth-order valence-electron chi connectivity index (χ4n) is 4.04. The van der Waals surface area contributed by atoms with E-state index in [9.17, 15) is 9.59 Å². The Morgan fingerprint density at radius 1 is 1.29 bits per heavy atom. The molecular formula is C25H29N3O5S. The van der Waals surface area contributed by atoms with Gasteiger partial charge in [0.15, 0.2) is 11.5 Å². The molecule has 34 heavy (non-hydrogen) atoms. The first-order valence-corrected chi connectivity index (χ1v) is 12.2. The largest absolute Gasteiger partial charge is 0.493 e. The zero-order chi connectivity index (χ0) is 23.9. The molecule has 0 radical (unpaired) electrons. The number of benzene rings is 1. The average molecular weight is 484 g/mol. The van der Waals surface area contributed by atoms with Crippen LogP contribution in [0, 0.1) is 6.92 Å². The standard InChI is InChI=1S/C25H29N3O5S/c1-17-23(34-16-27-17)9-12-33-21-7-6-18(13-22(21)31-2)14-28(25(30)19-8-11-32-15-19)20-5-3-4-10-26-24(20)29/h6-8,11,13,15-16,20H,3-5,9-10,12,14H2,1-2H3,(H,26,29)/t20-/m0/s1. The molecule has 180 valence electrons. The first-order chi connectivity index (χ1) is 16.6. The van der Waals surface area contributed by atoms with E-state index in [0.717, 1.165) is 30.5 Å². The van der Waals surface area contributed by atoms with E-state index in [2.05, 4.69) is 10.3 Å². The lowest BCUT2D eigenvalue weighted by Crippen LogP contribution is -2.48. The number of methoxy groups -OCH3 is 1. The molecule has 1 N–H and O–H groups in total. The van der Waals surface area contributed by atoms with E-state index in [-0.39, 0.29) is 18.4 Å². The topological polar surface area (TPSA) is 93.9 Å². The minimum atomic E-state index is -0.547. The van der Waals surface area contributed by atoms with Crippen molar-refractivity contribution in [1.29, 1.82) is 0 Å². The number of hydrogen-bond donors (Lipinski definition) is 1. The molecule has 1 aliphatic heterocycles. The van der Waals surface area contributed by atoms with Gasteiger partial charge in [0.05, 0.1) is 36.7 Å². The van der Waals surface area contributed by atoms with Gasteiger partial charge in [0.1, 0.15) is 12.3 Å². The van der Waals surface area contributed by atoms with Gasteiger partial charge in [0.25, 0.3) is 5.91 Å². The Bertz CT molecular complexity index is 1110. The quantitative estimate of drug-likeness (QED) is 0.495. The van der Waals surface area contributed by atoms with E-state index in [4.69, 9.17) is 13.9 Å². The summed E-state index contributed by atoms with van der Waals surface area (Å²) in [6.07, 6.45) is 6.02. The van der Waals surface area contributed by atoms with Crippen LogP contribution >= 0.6 is 11.3 Å². The fraction of sp³-hybridized carbons (Fsp3) is 0.400. The summed E-state index contributed by atoms with van der Waals surface area (Å²) >= 11 is 1.62. The van der Waals surface area contributed by atoms with Crippen LogP contribution in [0.2, 0.25) is 0 Å². The highest BCUT2D eigenvalue weighted by atomic mass is 32.1. The van der Waals surface area contributed by atoms with Crippen LogP contribution in [0.15, 0.2) is 46.7 Å². The van der Waals surface area contributed by atoms with Gasteiger partial charge in [-0.05, 0) is 49.9 Å². The number of carbonyl (C=O) groups excluding carboxylic acids is 2. The molecule has 1 atom stereocenters. The van der Waals surface area contributed by atoms with Gasteiger partial charge in [-0.2, -0.15) is 0 Å². The SMILES string of the molecule is COc1cc(CN(C(=O)c2ccoc2)[C@H]2CCCCNC2=O)ccc1OCCc1scnc1C. The number of rotatable bonds is 9. The first kappa shape index (κ1) is 23.8. The Kier molecular flexibility index (Phi) is 7.84. The zero-order valence-corrected chi connectivity index (χ0v) is 20.2. The summed E-state index contributed by atoms with van der Waals surface area (Å²) in [5.74, 6) is 0.850. The Balaban J connectivity index is 1.51. The minimum Gasteiger partial charge on any atom is -0.493 e.